The molecule has 0 unspecified atom stereocenters. The van der Waals surface area contributed by atoms with E-state index >= 15 is 0 Å². The molecule has 17 heavy (non-hydrogen) atoms. The lowest BCUT2D eigenvalue weighted by Gasteiger charge is -2.32. The Hall–Kier alpha value is -1.60. The highest BCUT2D eigenvalue weighted by molar-refractivity contribution is 5.91. The Morgan fingerprint density at radius 3 is 2.53 bits per heavy atom. The molecule has 5 nitrogen and oxygen atoms in total. The van der Waals surface area contributed by atoms with E-state index in [-0.39, 0.29) is 37.5 Å². The first-order valence-corrected chi connectivity index (χ1v) is 5.20. The van der Waals surface area contributed by atoms with Crippen LogP contribution >= 0.6 is 0 Å². The molecule has 0 bridgehead atoms. The maximum Gasteiger partial charge on any atom is 0.391 e. The molecule has 0 spiro atoms. The van der Waals surface area contributed by atoms with Crippen LogP contribution in [0.2, 0.25) is 0 Å². The summed E-state index contributed by atoms with van der Waals surface area (Å²) in [4.78, 5) is 13.1. The lowest BCUT2D eigenvalue weighted by Crippen LogP contribution is -2.42. The number of piperidine rings is 1. The van der Waals surface area contributed by atoms with Crippen molar-refractivity contribution in [3.63, 3.8) is 0 Å². The van der Waals surface area contributed by atoms with E-state index in [1.807, 2.05) is 0 Å². The van der Waals surface area contributed by atoms with Crippen molar-refractivity contribution in [2.45, 2.75) is 19.0 Å². The number of aromatic nitrogens is 3. The van der Waals surface area contributed by atoms with E-state index in [0.717, 1.165) is 0 Å². The molecule has 1 amide bonds. The Bertz CT molecular complexity index is 381. The minimum Gasteiger partial charge on any atom is -0.337 e. The Kier molecular flexibility index (Phi) is 3.03. The number of H-pyrrole nitrogens is 1. The summed E-state index contributed by atoms with van der Waals surface area (Å²) in [6.45, 7) is 0.214. The molecule has 2 rings (SSSR count). The molecular weight excluding hydrogens is 237 g/mol. The molecule has 1 saturated heterocycles. The summed E-state index contributed by atoms with van der Waals surface area (Å²) in [5, 5.41) is 9.39. The summed E-state index contributed by atoms with van der Waals surface area (Å²) < 4.78 is 37.2. The van der Waals surface area contributed by atoms with E-state index in [1.165, 1.54) is 11.1 Å². The van der Waals surface area contributed by atoms with Gasteiger partial charge in [-0.3, -0.25) is 4.79 Å². The number of carbonyl (C=O) groups excluding carboxylic acids is 1. The van der Waals surface area contributed by atoms with Crippen LogP contribution in [0, 0.1) is 5.92 Å². The third kappa shape index (κ3) is 2.56. The van der Waals surface area contributed by atoms with Crippen molar-refractivity contribution in [1.29, 1.82) is 0 Å². The van der Waals surface area contributed by atoms with E-state index in [0.29, 0.717) is 0 Å². The molecule has 1 fully saturated rings. The molecule has 2 heterocycles. The molecule has 1 aliphatic heterocycles. The van der Waals surface area contributed by atoms with Crippen LogP contribution in [0.4, 0.5) is 13.2 Å². The summed E-state index contributed by atoms with van der Waals surface area (Å²) in [5.74, 6) is -1.68. The molecule has 1 aromatic heterocycles. The number of hydrogen-bond donors (Lipinski definition) is 1. The molecule has 0 saturated carbocycles. The second-order valence-corrected chi connectivity index (χ2v) is 3.96. The SMILES string of the molecule is O=C(c1cn[nH]n1)N1CCC(C(F)(F)F)CC1. The standard InChI is InChI=1S/C9H11F3N4O/c10-9(11,12)6-1-3-16(4-2-6)8(17)7-5-13-15-14-7/h5-6H,1-4H2,(H,13,14,15). The van der Waals surface area contributed by atoms with Gasteiger partial charge in [0.1, 0.15) is 0 Å². The van der Waals surface area contributed by atoms with Crippen LogP contribution in [0.3, 0.4) is 0 Å². The van der Waals surface area contributed by atoms with Crippen molar-refractivity contribution >= 4 is 5.91 Å². The average molecular weight is 248 g/mol. The topological polar surface area (TPSA) is 61.9 Å². The van der Waals surface area contributed by atoms with Crippen LogP contribution in [-0.2, 0) is 0 Å². The van der Waals surface area contributed by atoms with Gasteiger partial charge in [0.15, 0.2) is 5.69 Å². The third-order valence-electron chi connectivity index (χ3n) is 2.88. The Morgan fingerprint density at radius 2 is 2.06 bits per heavy atom. The molecule has 0 aromatic carbocycles. The number of likely N-dealkylation sites (tertiary alicyclic amines) is 1. The van der Waals surface area contributed by atoms with Gasteiger partial charge in [0.05, 0.1) is 12.1 Å². The van der Waals surface area contributed by atoms with Crippen LogP contribution in [0.5, 0.6) is 0 Å². The maximum absolute atomic E-state index is 12.4. The first-order valence-electron chi connectivity index (χ1n) is 5.20. The fourth-order valence-corrected chi connectivity index (χ4v) is 1.88. The number of nitrogens with zero attached hydrogens (tertiary/aromatic N) is 3. The van der Waals surface area contributed by atoms with E-state index in [1.54, 1.807) is 0 Å². The number of carbonyl (C=O) groups is 1. The highest BCUT2D eigenvalue weighted by atomic mass is 19.4. The number of alkyl halides is 3. The van der Waals surface area contributed by atoms with Crippen molar-refractivity contribution in [3.05, 3.63) is 11.9 Å². The van der Waals surface area contributed by atoms with Gasteiger partial charge in [-0.15, -0.1) is 0 Å². The summed E-state index contributed by atoms with van der Waals surface area (Å²) in [5.41, 5.74) is 0.135. The number of hydrogen-bond acceptors (Lipinski definition) is 3. The summed E-state index contributed by atoms with van der Waals surface area (Å²) in [6, 6.07) is 0. The fourth-order valence-electron chi connectivity index (χ4n) is 1.88. The minimum absolute atomic E-state index is 0.0485. The van der Waals surface area contributed by atoms with Crippen molar-refractivity contribution in [2.24, 2.45) is 5.92 Å². The lowest BCUT2D eigenvalue weighted by atomic mass is 9.96. The molecule has 1 N–H and O–H groups in total. The molecule has 0 aliphatic carbocycles. The van der Waals surface area contributed by atoms with Gasteiger partial charge in [-0.2, -0.15) is 28.6 Å². The highest BCUT2D eigenvalue weighted by Crippen LogP contribution is 2.34. The van der Waals surface area contributed by atoms with Gasteiger partial charge in [0.2, 0.25) is 0 Å². The van der Waals surface area contributed by atoms with Gasteiger partial charge < -0.3 is 4.90 Å². The first kappa shape index (κ1) is 11.9. The monoisotopic (exact) mass is 248 g/mol. The number of rotatable bonds is 1. The zero-order valence-corrected chi connectivity index (χ0v) is 8.87. The Balaban J connectivity index is 1.94. The molecule has 1 aliphatic rings. The molecule has 94 valence electrons. The van der Waals surface area contributed by atoms with Crippen molar-refractivity contribution in [1.82, 2.24) is 20.3 Å². The van der Waals surface area contributed by atoms with Gasteiger partial charge in [-0.25, -0.2) is 0 Å². The second kappa shape index (κ2) is 4.34. The lowest BCUT2D eigenvalue weighted by molar-refractivity contribution is -0.183. The van der Waals surface area contributed by atoms with Gasteiger partial charge in [0.25, 0.3) is 5.91 Å². The quantitative estimate of drug-likeness (QED) is 0.812. The molecule has 1 aromatic rings. The maximum atomic E-state index is 12.4. The summed E-state index contributed by atoms with van der Waals surface area (Å²) >= 11 is 0. The second-order valence-electron chi connectivity index (χ2n) is 3.96. The highest BCUT2D eigenvalue weighted by Gasteiger charge is 2.41. The van der Waals surface area contributed by atoms with Crippen LogP contribution in [0.25, 0.3) is 0 Å². The number of amides is 1. The van der Waals surface area contributed by atoms with Crippen molar-refractivity contribution in [3.8, 4) is 0 Å². The summed E-state index contributed by atoms with van der Waals surface area (Å²) in [6.07, 6.45) is -3.00. The smallest absolute Gasteiger partial charge is 0.337 e. The van der Waals surface area contributed by atoms with Crippen molar-refractivity contribution < 1.29 is 18.0 Å². The number of nitrogens with one attached hydrogen (secondary N) is 1. The molecular formula is C9H11F3N4O. The van der Waals surface area contributed by atoms with Crippen LogP contribution in [-0.4, -0.2) is 45.5 Å². The van der Waals surface area contributed by atoms with Crippen LogP contribution in [0.1, 0.15) is 23.3 Å². The molecule has 0 atom stereocenters. The molecule has 8 heteroatoms. The predicted molar refractivity (Wildman–Crippen MR) is 51.1 cm³/mol. The van der Waals surface area contributed by atoms with Crippen molar-refractivity contribution in [2.75, 3.05) is 13.1 Å². The van der Waals surface area contributed by atoms with Gasteiger partial charge >= 0.3 is 6.18 Å². The van der Waals surface area contributed by atoms with E-state index in [9.17, 15) is 18.0 Å². The van der Waals surface area contributed by atoms with E-state index in [2.05, 4.69) is 15.4 Å². The van der Waals surface area contributed by atoms with Crippen LogP contribution in [0.15, 0.2) is 6.20 Å². The zero-order chi connectivity index (χ0) is 12.5. The Labute approximate surface area is 95.0 Å². The Morgan fingerprint density at radius 1 is 1.41 bits per heavy atom. The summed E-state index contributed by atoms with van der Waals surface area (Å²) in [7, 11) is 0. The van der Waals surface area contributed by atoms with Gasteiger partial charge in [-0.1, -0.05) is 0 Å². The van der Waals surface area contributed by atoms with Gasteiger partial charge in [0, 0.05) is 13.1 Å². The normalized spacial score (nSPS) is 18.4. The minimum atomic E-state index is -4.16. The predicted octanol–water partition coefficient (Wildman–Crippen LogP) is 1.22. The zero-order valence-electron chi connectivity index (χ0n) is 8.87. The largest absolute Gasteiger partial charge is 0.391 e. The first-order chi connectivity index (χ1) is 7.98. The third-order valence-corrected chi connectivity index (χ3v) is 2.88. The number of halogens is 3. The number of aromatic amines is 1. The van der Waals surface area contributed by atoms with E-state index < -0.39 is 12.1 Å². The van der Waals surface area contributed by atoms with E-state index in [4.69, 9.17) is 0 Å². The fraction of sp³-hybridized carbons (Fsp3) is 0.667. The average Bonchev–Trinajstić information content (AvgIpc) is 2.80. The van der Waals surface area contributed by atoms with Gasteiger partial charge in [-0.05, 0) is 12.8 Å². The molecule has 0 radical (unpaired) electrons. The van der Waals surface area contributed by atoms with Crippen LogP contribution < -0.4 is 0 Å².